The van der Waals surface area contributed by atoms with Crippen molar-refractivity contribution < 1.29 is 33.2 Å². The van der Waals surface area contributed by atoms with E-state index in [0.29, 0.717) is 34.0 Å². The van der Waals surface area contributed by atoms with Gasteiger partial charge in [0.1, 0.15) is 29.7 Å². The number of thiazole rings is 1. The second-order valence-corrected chi connectivity index (χ2v) is 14.2. The fourth-order valence-electron chi connectivity index (χ4n) is 6.93. The van der Waals surface area contributed by atoms with Crippen LogP contribution >= 0.6 is 11.3 Å². The van der Waals surface area contributed by atoms with Crippen LogP contribution in [0, 0.1) is 17.3 Å². The zero-order valence-electron chi connectivity index (χ0n) is 26.1. The second kappa shape index (κ2) is 11.4. The number of methoxy groups -OCH3 is 1. The molecule has 3 aliphatic carbocycles. The van der Waals surface area contributed by atoms with Crippen molar-refractivity contribution >= 4 is 41.2 Å². The molecule has 3 saturated carbocycles. The molecule has 4 unspecified atom stereocenters. The lowest BCUT2D eigenvalue weighted by Crippen LogP contribution is -2.65. The zero-order valence-corrected chi connectivity index (χ0v) is 26.9. The molecule has 1 amide bonds. The number of para-hydroxylation sites is 1. The van der Waals surface area contributed by atoms with Crippen molar-refractivity contribution in [2.45, 2.75) is 84.1 Å². The standard InChI is InChI=1S/C30H41BN4O7S/c1-28(2,3)40-26(37)18-11-9-10-16(24(18)38-7)12-22(34-25(36)23(35-39-8)19-15-43-27(32)33-19)31-41-21-14-17-13-20(29(17,4)5)30(21,6)42-31/h9-11,15,17,20-22H,12-14H2,1-8H3,(H2,32,33)(H,34,36)/b35-23-/t17?,20?,21?,22-,30?/m0/s1. The van der Waals surface area contributed by atoms with E-state index < -0.39 is 36.1 Å². The summed E-state index contributed by atoms with van der Waals surface area (Å²) in [5.41, 5.74) is 6.03. The van der Waals surface area contributed by atoms with E-state index in [-0.39, 0.29) is 29.2 Å². The molecule has 4 aliphatic rings. The average Bonchev–Trinajstić information content (AvgIpc) is 3.52. The van der Waals surface area contributed by atoms with Gasteiger partial charge in [0.25, 0.3) is 5.91 Å². The van der Waals surface area contributed by atoms with Gasteiger partial charge < -0.3 is 34.7 Å². The summed E-state index contributed by atoms with van der Waals surface area (Å²) in [6, 6.07) is 5.27. The van der Waals surface area contributed by atoms with Gasteiger partial charge in [0.15, 0.2) is 10.8 Å². The molecule has 0 spiro atoms. The maximum absolute atomic E-state index is 13.7. The Morgan fingerprint density at radius 3 is 2.60 bits per heavy atom. The number of nitrogens with zero attached hydrogens (tertiary/aromatic N) is 2. The Labute approximate surface area is 257 Å². The Balaban J connectivity index is 1.48. The maximum atomic E-state index is 13.7. The number of aromatic nitrogens is 1. The number of carbonyl (C=O) groups excluding carboxylic acids is 2. The highest BCUT2D eigenvalue weighted by molar-refractivity contribution is 7.13. The number of benzene rings is 1. The van der Waals surface area contributed by atoms with Gasteiger partial charge in [-0.2, -0.15) is 0 Å². The van der Waals surface area contributed by atoms with Crippen molar-refractivity contribution in [3.63, 3.8) is 0 Å². The highest BCUT2D eigenvalue weighted by Gasteiger charge is 2.68. The highest BCUT2D eigenvalue weighted by atomic mass is 32.1. The van der Waals surface area contributed by atoms with Gasteiger partial charge in [-0.15, -0.1) is 11.3 Å². The van der Waals surface area contributed by atoms with E-state index in [1.54, 1.807) is 17.5 Å². The van der Waals surface area contributed by atoms with Crippen molar-refractivity contribution in [2.75, 3.05) is 20.0 Å². The van der Waals surface area contributed by atoms with E-state index in [4.69, 9.17) is 29.4 Å². The van der Waals surface area contributed by atoms with E-state index in [9.17, 15) is 9.59 Å². The van der Waals surface area contributed by atoms with Gasteiger partial charge >= 0.3 is 13.1 Å². The number of amides is 1. The van der Waals surface area contributed by atoms with Crippen LogP contribution in [0.2, 0.25) is 0 Å². The fraction of sp³-hybridized carbons (Fsp3) is 0.600. The predicted molar refractivity (Wildman–Crippen MR) is 164 cm³/mol. The summed E-state index contributed by atoms with van der Waals surface area (Å²) in [6.45, 7) is 12.1. The number of nitrogens with two attached hydrogens (primary N) is 1. The number of hydrogen-bond acceptors (Lipinski definition) is 11. The Kier molecular flexibility index (Phi) is 8.29. The van der Waals surface area contributed by atoms with Crippen molar-refractivity contribution in [2.24, 2.45) is 22.4 Å². The summed E-state index contributed by atoms with van der Waals surface area (Å²) in [5, 5.41) is 8.96. The molecule has 3 N–H and O–H groups in total. The molecule has 1 aromatic heterocycles. The molecule has 5 atom stereocenters. The van der Waals surface area contributed by atoms with Crippen molar-refractivity contribution in [1.29, 1.82) is 0 Å². The summed E-state index contributed by atoms with van der Waals surface area (Å²) < 4.78 is 24.7. The summed E-state index contributed by atoms with van der Waals surface area (Å²) >= 11 is 1.19. The third-order valence-corrected chi connectivity index (χ3v) is 9.81. The molecule has 4 fully saturated rings. The van der Waals surface area contributed by atoms with Crippen molar-refractivity contribution in [3.8, 4) is 5.75 Å². The van der Waals surface area contributed by atoms with Gasteiger partial charge in [0, 0.05) is 5.38 Å². The SMILES string of the molecule is CO/N=C(\C(=O)N[C@@H](Cc1cccc(C(=O)OC(C)(C)C)c1OC)B1OC2CC3CC(C3(C)C)C2(C)O1)c1csc(N)n1. The van der Waals surface area contributed by atoms with E-state index >= 15 is 0 Å². The van der Waals surface area contributed by atoms with Crippen LogP contribution in [0.1, 0.15) is 76.0 Å². The third kappa shape index (κ3) is 5.86. The number of oxime groups is 1. The van der Waals surface area contributed by atoms with E-state index in [2.05, 4.69) is 36.2 Å². The molecule has 2 heterocycles. The van der Waals surface area contributed by atoms with Gasteiger partial charge in [-0.3, -0.25) is 4.79 Å². The maximum Gasteiger partial charge on any atom is 0.482 e. The summed E-state index contributed by atoms with van der Waals surface area (Å²) in [6.07, 6.45) is 2.11. The first kappa shape index (κ1) is 31.3. The minimum atomic E-state index is -0.770. The summed E-state index contributed by atoms with van der Waals surface area (Å²) in [4.78, 5) is 36.0. The lowest BCUT2D eigenvalue weighted by Gasteiger charge is -2.64. The van der Waals surface area contributed by atoms with Gasteiger partial charge in [-0.05, 0) is 75.8 Å². The fourth-order valence-corrected chi connectivity index (χ4v) is 7.48. The van der Waals surface area contributed by atoms with Crippen LogP contribution in [0.3, 0.4) is 0 Å². The van der Waals surface area contributed by atoms with E-state index in [1.807, 2.05) is 26.8 Å². The van der Waals surface area contributed by atoms with Crippen LogP contribution in [0.5, 0.6) is 5.75 Å². The molecule has 1 saturated heterocycles. The highest BCUT2D eigenvalue weighted by Crippen LogP contribution is 2.65. The molecule has 0 radical (unpaired) electrons. The van der Waals surface area contributed by atoms with Crippen molar-refractivity contribution in [3.05, 3.63) is 40.4 Å². The first-order valence-corrected chi connectivity index (χ1v) is 15.4. The predicted octanol–water partition coefficient (Wildman–Crippen LogP) is 4.03. The van der Waals surface area contributed by atoms with Gasteiger partial charge in [0.05, 0.1) is 24.8 Å². The van der Waals surface area contributed by atoms with Crippen LogP contribution in [-0.4, -0.2) is 67.2 Å². The summed E-state index contributed by atoms with van der Waals surface area (Å²) in [7, 11) is 2.09. The molecular formula is C30H41BN4O7S. The number of nitrogen functional groups attached to an aromatic ring is 1. The number of esters is 1. The largest absolute Gasteiger partial charge is 0.496 e. The van der Waals surface area contributed by atoms with Gasteiger partial charge in [-0.25, -0.2) is 9.78 Å². The molecule has 1 aromatic carbocycles. The van der Waals surface area contributed by atoms with E-state index in [0.717, 1.165) is 12.8 Å². The van der Waals surface area contributed by atoms with Gasteiger partial charge in [-0.1, -0.05) is 31.1 Å². The second-order valence-electron chi connectivity index (χ2n) is 13.3. The molecule has 1 aliphatic heterocycles. The normalized spacial score (nSPS) is 26.7. The molecule has 232 valence electrons. The third-order valence-electron chi connectivity index (χ3n) is 9.14. The van der Waals surface area contributed by atoms with Crippen LogP contribution in [0.25, 0.3) is 0 Å². The smallest absolute Gasteiger partial charge is 0.482 e. The summed E-state index contributed by atoms with van der Waals surface area (Å²) in [5.74, 6) is -0.464. The quantitative estimate of drug-likeness (QED) is 0.186. The number of anilines is 1. The molecular weight excluding hydrogens is 571 g/mol. The molecule has 43 heavy (non-hydrogen) atoms. The first-order valence-electron chi connectivity index (χ1n) is 14.5. The minimum absolute atomic E-state index is 0.0278. The molecule has 13 heteroatoms. The van der Waals surface area contributed by atoms with Crippen LogP contribution in [0.4, 0.5) is 5.13 Å². The number of carbonyl (C=O) groups is 2. The number of hydrogen-bond donors (Lipinski definition) is 2. The number of nitrogens with one attached hydrogen (secondary N) is 1. The topological polar surface area (TPSA) is 144 Å². The molecule has 2 bridgehead atoms. The lowest BCUT2D eigenvalue weighted by atomic mass is 9.43. The molecule has 6 rings (SSSR count). The van der Waals surface area contributed by atoms with E-state index in [1.165, 1.54) is 25.6 Å². The number of ether oxygens (including phenoxy) is 2. The first-order chi connectivity index (χ1) is 20.2. The Hall–Kier alpha value is -3.16. The Morgan fingerprint density at radius 2 is 2.00 bits per heavy atom. The monoisotopic (exact) mass is 612 g/mol. The minimum Gasteiger partial charge on any atom is -0.496 e. The molecule has 2 aromatic rings. The van der Waals surface area contributed by atoms with Crippen LogP contribution in [0.15, 0.2) is 28.7 Å². The molecule has 11 nitrogen and oxygen atoms in total. The van der Waals surface area contributed by atoms with Crippen LogP contribution in [-0.2, 0) is 30.1 Å². The average molecular weight is 613 g/mol. The van der Waals surface area contributed by atoms with Crippen molar-refractivity contribution in [1.82, 2.24) is 10.3 Å². The Bertz CT molecular complexity index is 1420. The number of rotatable bonds is 9. The lowest BCUT2D eigenvalue weighted by molar-refractivity contribution is -0.199. The zero-order chi connectivity index (χ0) is 31.3. The Morgan fingerprint density at radius 1 is 1.26 bits per heavy atom. The van der Waals surface area contributed by atoms with Crippen LogP contribution < -0.4 is 15.8 Å². The van der Waals surface area contributed by atoms with Gasteiger partial charge in [0.2, 0.25) is 0 Å².